The predicted octanol–water partition coefficient (Wildman–Crippen LogP) is 0.779. The van der Waals surface area contributed by atoms with Crippen LogP contribution in [0.1, 0.15) is 19.3 Å². The first kappa shape index (κ1) is 8.46. The molecular formula is C9H10N6. The van der Waals surface area contributed by atoms with Gasteiger partial charge in [0.1, 0.15) is 12.7 Å². The molecule has 1 aliphatic rings. The Hall–Kier alpha value is -1.85. The molecule has 0 saturated heterocycles. The number of fused-ring (bicyclic) bond motifs is 1. The van der Waals surface area contributed by atoms with Crippen LogP contribution in [0.3, 0.4) is 0 Å². The molecule has 0 atom stereocenters. The smallest absolute Gasteiger partial charge is 0.205 e. The summed E-state index contributed by atoms with van der Waals surface area (Å²) in [7, 11) is 0. The Morgan fingerprint density at radius 2 is 2.07 bits per heavy atom. The van der Waals surface area contributed by atoms with Crippen molar-refractivity contribution in [2.24, 2.45) is 0 Å². The van der Waals surface area contributed by atoms with Crippen molar-refractivity contribution >= 4 is 17.0 Å². The molecule has 6 heteroatoms. The number of hydrogen-bond acceptors (Lipinski definition) is 6. The highest BCUT2D eigenvalue weighted by Gasteiger charge is 2.18. The maximum absolute atomic E-state index is 4.18. The minimum absolute atomic E-state index is 0.526. The molecule has 0 bridgehead atoms. The number of hydrogen-bond donors (Lipinski definition) is 1. The van der Waals surface area contributed by atoms with E-state index in [0.717, 1.165) is 5.82 Å². The maximum atomic E-state index is 4.18. The molecule has 0 spiro atoms. The summed E-state index contributed by atoms with van der Waals surface area (Å²) in [4.78, 5) is 12.3. The van der Waals surface area contributed by atoms with E-state index in [4.69, 9.17) is 0 Å². The van der Waals surface area contributed by atoms with Crippen LogP contribution in [0.2, 0.25) is 0 Å². The normalized spacial score (nSPS) is 16.3. The van der Waals surface area contributed by atoms with Crippen molar-refractivity contribution in [2.45, 2.75) is 25.3 Å². The molecule has 2 aromatic rings. The van der Waals surface area contributed by atoms with Gasteiger partial charge in [-0.2, -0.15) is 0 Å². The van der Waals surface area contributed by atoms with E-state index in [9.17, 15) is 0 Å². The van der Waals surface area contributed by atoms with Crippen molar-refractivity contribution in [3.05, 3.63) is 12.7 Å². The summed E-state index contributed by atoms with van der Waals surface area (Å²) in [5.74, 6) is 0.764. The van der Waals surface area contributed by atoms with Gasteiger partial charge in [-0.05, 0) is 19.3 Å². The SMILES string of the molecule is c1nc(NC2CCC2)c2ncnnc2n1. The number of anilines is 1. The molecule has 2 heterocycles. The fourth-order valence-electron chi connectivity index (χ4n) is 1.58. The van der Waals surface area contributed by atoms with Crippen molar-refractivity contribution in [3.63, 3.8) is 0 Å². The van der Waals surface area contributed by atoms with Gasteiger partial charge in [-0.15, -0.1) is 10.2 Å². The van der Waals surface area contributed by atoms with Crippen LogP contribution in [0, 0.1) is 0 Å². The Labute approximate surface area is 86.2 Å². The summed E-state index contributed by atoms with van der Waals surface area (Å²) < 4.78 is 0. The molecule has 1 N–H and O–H groups in total. The van der Waals surface area contributed by atoms with Crippen LogP contribution in [0.5, 0.6) is 0 Å². The number of rotatable bonds is 2. The lowest BCUT2D eigenvalue weighted by molar-refractivity contribution is 0.444. The second-order valence-corrected chi connectivity index (χ2v) is 3.63. The molecule has 0 radical (unpaired) electrons. The van der Waals surface area contributed by atoms with Crippen LogP contribution in [0.15, 0.2) is 12.7 Å². The standard InChI is InChI=1S/C9H10N6/c1-2-6(3-1)14-8-7-9(12-4-11-8)15-13-5-10-7/h4-6H,1-3H2,(H,11,12,14,15). The largest absolute Gasteiger partial charge is 0.365 e. The first-order chi connectivity index (χ1) is 7.43. The maximum Gasteiger partial charge on any atom is 0.205 e. The lowest BCUT2D eigenvalue weighted by Crippen LogP contribution is -2.27. The summed E-state index contributed by atoms with van der Waals surface area (Å²) in [6.07, 6.45) is 6.58. The van der Waals surface area contributed by atoms with Gasteiger partial charge >= 0.3 is 0 Å². The number of nitrogens with zero attached hydrogens (tertiary/aromatic N) is 5. The first-order valence-electron chi connectivity index (χ1n) is 4.98. The molecule has 6 nitrogen and oxygen atoms in total. The zero-order valence-electron chi connectivity index (χ0n) is 8.09. The molecule has 2 aromatic heterocycles. The summed E-state index contributed by atoms with van der Waals surface area (Å²) in [6, 6.07) is 0.526. The monoisotopic (exact) mass is 202 g/mol. The molecule has 0 aromatic carbocycles. The minimum Gasteiger partial charge on any atom is -0.365 e. The number of aromatic nitrogens is 5. The van der Waals surface area contributed by atoms with Crippen LogP contribution < -0.4 is 5.32 Å². The second kappa shape index (κ2) is 3.38. The zero-order valence-corrected chi connectivity index (χ0v) is 8.09. The summed E-state index contributed by atoms with van der Waals surface area (Å²) in [6.45, 7) is 0. The zero-order chi connectivity index (χ0) is 10.1. The van der Waals surface area contributed by atoms with Gasteiger partial charge in [-0.25, -0.2) is 15.0 Å². The van der Waals surface area contributed by atoms with Crippen molar-refractivity contribution < 1.29 is 0 Å². The van der Waals surface area contributed by atoms with E-state index in [1.165, 1.54) is 31.9 Å². The molecule has 1 aliphatic carbocycles. The predicted molar refractivity (Wildman–Crippen MR) is 54.2 cm³/mol. The molecule has 76 valence electrons. The van der Waals surface area contributed by atoms with Gasteiger partial charge < -0.3 is 5.32 Å². The molecule has 0 unspecified atom stereocenters. The van der Waals surface area contributed by atoms with E-state index in [0.29, 0.717) is 17.2 Å². The fraction of sp³-hybridized carbons (Fsp3) is 0.444. The Balaban J connectivity index is 2.01. The van der Waals surface area contributed by atoms with E-state index < -0.39 is 0 Å². The highest BCUT2D eigenvalue weighted by Crippen LogP contribution is 2.24. The lowest BCUT2D eigenvalue weighted by atomic mass is 9.93. The van der Waals surface area contributed by atoms with Gasteiger partial charge in [-0.3, -0.25) is 0 Å². The Morgan fingerprint density at radius 1 is 1.13 bits per heavy atom. The van der Waals surface area contributed by atoms with E-state index in [-0.39, 0.29) is 0 Å². The van der Waals surface area contributed by atoms with Crippen LogP contribution in [-0.2, 0) is 0 Å². The van der Waals surface area contributed by atoms with Gasteiger partial charge in [0, 0.05) is 6.04 Å². The van der Waals surface area contributed by atoms with Crippen LogP contribution >= 0.6 is 0 Å². The second-order valence-electron chi connectivity index (χ2n) is 3.63. The third kappa shape index (κ3) is 1.47. The van der Waals surface area contributed by atoms with Gasteiger partial charge in [-0.1, -0.05) is 0 Å². The molecular weight excluding hydrogens is 192 g/mol. The van der Waals surface area contributed by atoms with E-state index in [1.807, 2.05) is 0 Å². The van der Waals surface area contributed by atoms with E-state index in [2.05, 4.69) is 30.5 Å². The van der Waals surface area contributed by atoms with Gasteiger partial charge in [0.05, 0.1) is 0 Å². The molecule has 15 heavy (non-hydrogen) atoms. The molecule has 0 amide bonds. The summed E-state index contributed by atoms with van der Waals surface area (Å²) >= 11 is 0. The van der Waals surface area contributed by atoms with Crippen molar-refractivity contribution in [1.82, 2.24) is 25.1 Å². The highest BCUT2D eigenvalue weighted by molar-refractivity contribution is 5.81. The van der Waals surface area contributed by atoms with E-state index >= 15 is 0 Å². The summed E-state index contributed by atoms with van der Waals surface area (Å²) in [5, 5.41) is 10.9. The summed E-state index contributed by atoms with van der Waals surface area (Å²) in [5.41, 5.74) is 1.23. The van der Waals surface area contributed by atoms with E-state index in [1.54, 1.807) is 0 Å². The fourth-order valence-corrected chi connectivity index (χ4v) is 1.58. The Bertz CT molecular complexity index is 475. The quantitative estimate of drug-likeness (QED) is 0.775. The Kier molecular flexibility index (Phi) is 1.90. The Morgan fingerprint density at radius 3 is 2.87 bits per heavy atom. The minimum atomic E-state index is 0.526. The van der Waals surface area contributed by atoms with Crippen LogP contribution in [-0.4, -0.2) is 31.2 Å². The molecule has 1 fully saturated rings. The van der Waals surface area contributed by atoms with Crippen molar-refractivity contribution in [2.75, 3.05) is 5.32 Å². The third-order valence-corrected chi connectivity index (χ3v) is 2.64. The molecule has 1 saturated carbocycles. The lowest BCUT2D eigenvalue weighted by Gasteiger charge is -2.26. The van der Waals surface area contributed by atoms with Gasteiger partial charge in [0.15, 0.2) is 11.3 Å². The first-order valence-corrected chi connectivity index (χ1v) is 4.98. The highest BCUT2D eigenvalue weighted by atomic mass is 15.2. The number of nitrogens with one attached hydrogen (secondary N) is 1. The van der Waals surface area contributed by atoms with Gasteiger partial charge in [0.2, 0.25) is 5.65 Å². The topological polar surface area (TPSA) is 76.5 Å². The molecule has 3 rings (SSSR count). The van der Waals surface area contributed by atoms with Crippen molar-refractivity contribution in [1.29, 1.82) is 0 Å². The third-order valence-electron chi connectivity index (χ3n) is 2.64. The van der Waals surface area contributed by atoms with Crippen molar-refractivity contribution in [3.8, 4) is 0 Å². The molecule has 0 aliphatic heterocycles. The average molecular weight is 202 g/mol. The van der Waals surface area contributed by atoms with Crippen LogP contribution in [0.25, 0.3) is 11.2 Å². The van der Waals surface area contributed by atoms with Crippen LogP contribution in [0.4, 0.5) is 5.82 Å². The van der Waals surface area contributed by atoms with Gasteiger partial charge in [0.25, 0.3) is 0 Å². The average Bonchev–Trinajstić information content (AvgIpc) is 2.23.